The van der Waals surface area contributed by atoms with Crippen LogP contribution in [0.4, 0.5) is 0 Å². The van der Waals surface area contributed by atoms with E-state index < -0.39 is 6.10 Å². The molecule has 3 nitrogen and oxygen atoms in total. The van der Waals surface area contributed by atoms with E-state index in [0.29, 0.717) is 6.61 Å². The van der Waals surface area contributed by atoms with Gasteiger partial charge in [0, 0.05) is 13.7 Å². The number of aliphatic hydroxyl groups is 1. The summed E-state index contributed by atoms with van der Waals surface area (Å²) in [5.41, 5.74) is 0.937. The molecule has 0 aliphatic heterocycles. The minimum atomic E-state index is -0.445. The molecule has 0 saturated heterocycles. The molecule has 1 rings (SSSR count). The van der Waals surface area contributed by atoms with Gasteiger partial charge in [-0.1, -0.05) is 32.4 Å². The Morgan fingerprint density at radius 2 is 1.84 bits per heavy atom. The van der Waals surface area contributed by atoms with E-state index in [4.69, 9.17) is 9.47 Å². The average molecular weight is 266 g/mol. The van der Waals surface area contributed by atoms with Gasteiger partial charge < -0.3 is 14.6 Å². The number of ether oxygens (including phenoxy) is 2. The zero-order chi connectivity index (χ0) is 14.1. The highest BCUT2D eigenvalue weighted by atomic mass is 16.5. The molecule has 108 valence electrons. The average Bonchev–Trinajstić information content (AvgIpc) is 2.45. The summed E-state index contributed by atoms with van der Waals surface area (Å²) in [5.74, 6) is 1.06. The van der Waals surface area contributed by atoms with Crippen molar-refractivity contribution in [2.24, 2.45) is 5.92 Å². The highest BCUT2D eigenvalue weighted by molar-refractivity contribution is 5.28. The Morgan fingerprint density at radius 1 is 1.16 bits per heavy atom. The summed E-state index contributed by atoms with van der Waals surface area (Å²) >= 11 is 0. The van der Waals surface area contributed by atoms with Gasteiger partial charge in [-0.3, -0.25) is 0 Å². The number of hydrogen-bond acceptors (Lipinski definition) is 3. The van der Waals surface area contributed by atoms with Crippen LogP contribution < -0.4 is 4.74 Å². The van der Waals surface area contributed by atoms with E-state index in [1.807, 2.05) is 31.2 Å². The van der Waals surface area contributed by atoms with Crippen LogP contribution in [0.2, 0.25) is 0 Å². The fraction of sp³-hybridized carbons (Fsp3) is 0.625. The van der Waals surface area contributed by atoms with Crippen LogP contribution in [0, 0.1) is 5.92 Å². The molecule has 0 aliphatic rings. The van der Waals surface area contributed by atoms with Crippen molar-refractivity contribution < 1.29 is 14.6 Å². The lowest BCUT2D eigenvalue weighted by molar-refractivity contribution is 0.0885. The number of rotatable bonds is 9. The molecular weight excluding hydrogens is 240 g/mol. The van der Waals surface area contributed by atoms with Gasteiger partial charge in [0.1, 0.15) is 5.75 Å². The van der Waals surface area contributed by atoms with Gasteiger partial charge in [-0.15, -0.1) is 0 Å². The molecule has 0 heterocycles. The monoisotopic (exact) mass is 266 g/mol. The maximum absolute atomic E-state index is 10.2. The normalized spacial score (nSPS) is 14.1. The van der Waals surface area contributed by atoms with E-state index in [2.05, 4.69) is 6.92 Å². The van der Waals surface area contributed by atoms with Gasteiger partial charge in [0.15, 0.2) is 0 Å². The van der Waals surface area contributed by atoms with Crippen molar-refractivity contribution in [3.8, 4) is 5.75 Å². The standard InChI is InChI=1S/C16H26O3/c1-4-5-11-19-15-8-6-14(7-9-15)16(17)13(2)10-12-18-3/h6-9,13,16-17H,4-5,10-12H2,1-3H3. The van der Waals surface area contributed by atoms with Gasteiger partial charge in [0.25, 0.3) is 0 Å². The van der Waals surface area contributed by atoms with Gasteiger partial charge in [-0.05, 0) is 36.5 Å². The second-order valence-corrected chi connectivity index (χ2v) is 4.97. The van der Waals surface area contributed by atoms with Gasteiger partial charge in [0.05, 0.1) is 12.7 Å². The Morgan fingerprint density at radius 3 is 2.42 bits per heavy atom. The van der Waals surface area contributed by atoms with Crippen molar-refractivity contribution in [1.29, 1.82) is 0 Å². The molecule has 0 aliphatic carbocycles. The Labute approximate surface area is 116 Å². The fourth-order valence-corrected chi connectivity index (χ4v) is 1.89. The predicted molar refractivity (Wildman–Crippen MR) is 77.5 cm³/mol. The summed E-state index contributed by atoms with van der Waals surface area (Å²) in [6.45, 7) is 5.61. The smallest absolute Gasteiger partial charge is 0.119 e. The number of aliphatic hydroxyl groups excluding tert-OH is 1. The van der Waals surface area contributed by atoms with Gasteiger partial charge in [-0.25, -0.2) is 0 Å². The lowest BCUT2D eigenvalue weighted by atomic mass is 9.95. The minimum absolute atomic E-state index is 0.187. The van der Waals surface area contributed by atoms with Gasteiger partial charge in [-0.2, -0.15) is 0 Å². The van der Waals surface area contributed by atoms with Crippen molar-refractivity contribution in [2.45, 2.75) is 39.2 Å². The third kappa shape index (κ3) is 5.62. The Kier molecular flexibility index (Phi) is 7.53. The summed E-state index contributed by atoms with van der Waals surface area (Å²) in [7, 11) is 1.68. The van der Waals surface area contributed by atoms with E-state index in [9.17, 15) is 5.11 Å². The molecule has 0 saturated carbocycles. The summed E-state index contributed by atoms with van der Waals surface area (Å²) in [5, 5.41) is 10.2. The third-order valence-electron chi connectivity index (χ3n) is 3.30. The first-order valence-corrected chi connectivity index (χ1v) is 7.08. The highest BCUT2D eigenvalue weighted by Crippen LogP contribution is 2.26. The molecule has 0 bridgehead atoms. The lowest BCUT2D eigenvalue weighted by Gasteiger charge is -2.19. The molecule has 1 N–H and O–H groups in total. The molecular formula is C16H26O3. The lowest BCUT2D eigenvalue weighted by Crippen LogP contribution is -2.11. The summed E-state index contributed by atoms with van der Waals surface area (Å²) in [4.78, 5) is 0. The van der Waals surface area contributed by atoms with Crippen LogP contribution in [0.25, 0.3) is 0 Å². The molecule has 19 heavy (non-hydrogen) atoms. The summed E-state index contributed by atoms with van der Waals surface area (Å²) in [6.07, 6.45) is 2.61. The quantitative estimate of drug-likeness (QED) is 0.694. The van der Waals surface area contributed by atoms with Crippen LogP contribution in [-0.2, 0) is 4.74 Å². The molecule has 0 aromatic heterocycles. The third-order valence-corrected chi connectivity index (χ3v) is 3.30. The minimum Gasteiger partial charge on any atom is -0.494 e. The van der Waals surface area contributed by atoms with Crippen LogP contribution >= 0.6 is 0 Å². The first kappa shape index (κ1) is 16.0. The van der Waals surface area contributed by atoms with Crippen molar-refractivity contribution in [2.75, 3.05) is 20.3 Å². The number of unbranched alkanes of at least 4 members (excludes halogenated alkanes) is 1. The van der Waals surface area contributed by atoms with Crippen LogP contribution in [0.3, 0.4) is 0 Å². The van der Waals surface area contributed by atoms with Crippen molar-refractivity contribution >= 4 is 0 Å². The summed E-state index contributed by atoms with van der Waals surface area (Å²) in [6, 6.07) is 7.74. The highest BCUT2D eigenvalue weighted by Gasteiger charge is 2.16. The molecule has 2 unspecified atom stereocenters. The van der Waals surface area contributed by atoms with Gasteiger partial charge >= 0.3 is 0 Å². The largest absolute Gasteiger partial charge is 0.494 e. The van der Waals surface area contributed by atoms with Crippen LogP contribution in [-0.4, -0.2) is 25.4 Å². The topological polar surface area (TPSA) is 38.7 Å². The fourth-order valence-electron chi connectivity index (χ4n) is 1.89. The molecule has 1 aromatic rings. The van der Waals surface area contributed by atoms with E-state index >= 15 is 0 Å². The Balaban J connectivity index is 2.50. The maximum atomic E-state index is 10.2. The van der Waals surface area contributed by atoms with Crippen LogP contribution in [0.5, 0.6) is 5.75 Å². The second-order valence-electron chi connectivity index (χ2n) is 4.97. The van der Waals surface area contributed by atoms with E-state index in [-0.39, 0.29) is 5.92 Å². The van der Waals surface area contributed by atoms with E-state index in [1.165, 1.54) is 0 Å². The van der Waals surface area contributed by atoms with Crippen LogP contribution in [0.1, 0.15) is 44.8 Å². The Hall–Kier alpha value is -1.06. The zero-order valence-corrected chi connectivity index (χ0v) is 12.3. The maximum Gasteiger partial charge on any atom is 0.119 e. The first-order chi connectivity index (χ1) is 9.19. The zero-order valence-electron chi connectivity index (χ0n) is 12.3. The van der Waals surface area contributed by atoms with Crippen molar-refractivity contribution in [3.63, 3.8) is 0 Å². The molecule has 0 fully saturated rings. The number of hydrogen-bond donors (Lipinski definition) is 1. The molecule has 0 radical (unpaired) electrons. The van der Waals surface area contributed by atoms with Crippen molar-refractivity contribution in [1.82, 2.24) is 0 Å². The molecule has 1 aromatic carbocycles. The van der Waals surface area contributed by atoms with Crippen molar-refractivity contribution in [3.05, 3.63) is 29.8 Å². The number of benzene rings is 1. The number of methoxy groups -OCH3 is 1. The predicted octanol–water partition coefficient (Wildman–Crippen LogP) is 3.57. The van der Waals surface area contributed by atoms with Gasteiger partial charge in [0.2, 0.25) is 0 Å². The molecule has 0 amide bonds. The Bertz CT molecular complexity index is 334. The molecule has 0 spiro atoms. The molecule has 2 atom stereocenters. The van der Waals surface area contributed by atoms with E-state index in [1.54, 1.807) is 7.11 Å². The van der Waals surface area contributed by atoms with Crippen LogP contribution in [0.15, 0.2) is 24.3 Å². The summed E-state index contributed by atoms with van der Waals surface area (Å²) < 4.78 is 10.6. The first-order valence-electron chi connectivity index (χ1n) is 7.08. The SMILES string of the molecule is CCCCOc1ccc(C(O)C(C)CCOC)cc1. The molecule has 3 heteroatoms. The second kappa shape index (κ2) is 8.94. The van der Waals surface area contributed by atoms with E-state index in [0.717, 1.165) is 37.2 Å².